The van der Waals surface area contributed by atoms with Crippen molar-refractivity contribution in [2.45, 2.75) is 31.0 Å². The van der Waals surface area contributed by atoms with Gasteiger partial charge in [-0.15, -0.1) is 0 Å². The summed E-state index contributed by atoms with van der Waals surface area (Å²) in [4.78, 5) is 12.3. The van der Waals surface area contributed by atoms with Crippen molar-refractivity contribution >= 4 is 17.5 Å². The highest BCUT2D eigenvalue weighted by molar-refractivity contribution is 6.30. The Morgan fingerprint density at radius 2 is 2.14 bits per heavy atom. The van der Waals surface area contributed by atoms with Crippen LogP contribution in [0.4, 0.5) is 0 Å². The van der Waals surface area contributed by atoms with Gasteiger partial charge in [0.05, 0.1) is 17.8 Å². The number of nitrogens with two attached hydrogens (primary N) is 1. The number of carbonyl (C=O) groups excluding carboxylic acids is 1. The Kier molecular flexibility index (Phi) is 3.69. The average molecular weight is 305 g/mol. The van der Waals surface area contributed by atoms with Gasteiger partial charge in [0.25, 0.3) is 0 Å². The molecule has 0 bridgehead atoms. The molecule has 1 aromatic carbocycles. The number of carbonyl (C=O) groups is 1. The molecule has 110 valence electrons. The molecule has 3 rings (SSSR count). The Bertz CT molecular complexity index is 638. The fraction of sp³-hybridized carbons (Fsp3) is 0.333. The Morgan fingerprint density at radius 1 is 1.43 bits per heavy atom. The molecule has 1 fully saturated rings. The summed E-state index contributed by atoms with van der Waals surface area (Å²) in [6.45, 7) is 0.315. The largest absolute Gasteiger partial charge is 0.368 e. The lowest BCUT2D eigenvalue weighted by molar-refractivity contribution is -0.125. The van der Waals surface area contributed by atoms with Crippen molar-refractivity contribution in [3.05, 3.63) is 53.3 Å². The number of benzene rings is 1. The van der Waals surface area contributed by atoms with Crippen LogP contribution in [0.1, 0.15) is 18.4 Å². The third-order valence-electron chi connectivity index (χ3n) is 3.72. The molecule has 1 saturated carbocycles. The zero-order valence-corrected chi connectivity index (χ0v) is 12.3. The molecule has 1 amide bonds. The Morgan fingerprint density at radius 3 is 2.67 bits per heavy atom. The number of nitrogens with one attached hydrogen (secondary N) is 1. The van der Waals surface area contributed by atoms with E-state index in [4.69, 9.17) is 17.3 Å². The van der Waals surface area contributed by atoms with Crippen molar-refractivity contribution < 1.29 is 4.79 Å². The topological polar surface area (TPSA) is 72.9 Å². The lowest BCUT2D eigenvalue weighted by atomic mass is 9.88. The summed E-state index contributed by atoms with van der Waals surface area (Å²) in [5.74, 6) is -0.410. The lowest BCUT2D eigenvalue weighted by Gasteiger charge is -2.32. The van der Waals surface area contributed by atoms with Crippen molar-refractivity contribution in [1.29, 1.82) is 0 Å². The van der Waals surface area contributed by atoms with Gasteiger partial charge in [-0.1, -0.05) is 41.9 Å². The standard InChI is InChI=1S/C15H17ClN4O/c16-12-8-18-20(9-12)10-15(14(17)21,19-13-6-7-13)11-4-2-1-3-5-11/h1-5,8-9,13,19H,6-7,10H2,(H2,17,21). The first kappa shape index (κ1) is 14.1. The lowest BCUT2D eigenvalue weighted by Crippen LogP contribution is -2.56. The van der Waals surface area contributed by atoms with Crippen LogP contribution >= 0.6 is 11.6 Å². The van der Waals surface area contributed by atoms with Crippen LogP contribution in [0.3, 0.4) is 0 Å². The molecule has 0 spiro atoms. The SMILES string of the molecule is NC(=O)C(Cn1cc(Cl)cn1)(NC1CC1)c1ccccc1. The number of nitrogens with zero attached hydrogens (tertiary/aromatic N) is 2. The third-order valence-corrected chi connectivity index (χ3v) is 3.91. The molecule has 2 aromatic rings. The summed E-state index contributed by atoms with van der Waals surface area (Å²) in [6.07, 6.45) is 5.36. The Balaban J connectivity index is 2.00. The molecular formula is C15H17ClN4O. The zero-order chi connectivity index (χ0) is 14.9. The van der Waals surface area contributed by atoms with E-state index in [0.29, 0.717) is 17.6 Å². The van der Waals surface area contributed by atoms with Crippen LogP contribution in [0.5, 0.6) is 0 Å². The second-order valence-electron chi connectivity index (χ2n) is 5.41. The molecule has 1 heterocycles. The normalized spacial score (nSPS) is 17.4. The number of hydrogen-bond acceptors (Lipinski definition) is 3. The van der Waals surface area contributed by atoms with Crippen molar-refractivity contribution in [2.75, 3.05) is 0 Å². The van der Waals surface area contributed by atoms with Gasteiger partial charge in [-0.25, -0.2) is 0 Å². The maximum atomic E-state index is 12.3. The molecule has 1 aliphatic rings. The van der Waals surface area contributed by atoms with E-state index in [1.54, 1.807) is 17.1 Å². The number of amides is 1. The maximum Gasteiger partial charge on any atom is 0.244 e. The molecule has 0 saturated heterocycles. The summed E-state index contributed by atoms with van der Waals surface area (Å²) in [6, 6.07) is 9.85. The van der Waals surface area contributed by atoms with Gasteiger partial charge in [0.1, 0.15) is 5.54 Å². The minimum Gasteiger partial charge on any atom is -0.368 e. The molecule has 1 unspecified atom stereocenters. The number of rotatable bonds is 6. The van der Waals surface area contributed by atoms with E-state index in [-0.39, 0.29) is 0 Å². The second kappa shape index (κ2) is 5.50. The Hall–Kier alpha value is -1.85. The van der Waals surface area contributed by atoms with Gasteiger partial charge < -0.3 is 5.73 Å². The molecule has 5 nitrogen and oxygen atoms in total. The number of halogens is 1. The highest BCUT2D eigenvalue weighted by Gasteiger charge is 2.43. The van der Waals surface area contributed by atoms with Gasteiger partial charge in [0.15, 0.2) is 0 Å². The average Bonchev–Trinajstić information content (AvgIpc) is 3.20. The zero-order valence-electron chi connectivity index (χ0n) is 11.5. The first-order valence-electron chi connectivity index (χ1n) is 6.91. The smallest absolute Gasteiger partial charge is 0.244 e. The van der Waals surface area contributed by atoms with Crippen LogP contribution in [0, 0.1) is 0 Å². The molecular weight excluding hydrogens is 288 g/mol. The molecule has 0 radical (unpaired) electrons. The minimum atomic E-state index is -0.974. The van der Waals surface area contributed by atoms with Gasteiger partial charge >= 0.3 is 0 Å². The van der Waals surface area contributed by atoms with Crippen LogP contribution in [0.2, 0.25) is 5.02 Å². The van der Waals surface area contributed by atoms with E-state index in [1.807, 2.05) is 30.3 Å². The predicted molar refractivity (Wildman–Crippen MR) is 80.7 cm³/mol. The summed E-state index contributed by atoms with van der Waals surface area (Å²) < 4.78 is 1.65. The summed E-state index contributed by atoms with van der Waals surface area (Å²) in [5.41, 5.74) is 5.63. The van der Waals surface area contributed by atoms with Crippen LogP contribution in [0.15, 0.2) is 42.7 Å². The summed E-state index contributed by atoms with van der Waals surface area (Å²) in [5, 5.41) is 8.11. The quantitative estimate of drug-likeness (QED) is 0.852. The van der Waals surface area contributed by atoms with Gasteiger partial charge in [-0.3, -0.25) is 14.8 Å². The van der Waals surface area contributed by atoms with E-state index in [0.717, 1.165) is 18.4 Å². The van der Waals surface area contributed by atoms with Gasteiger partial charge in [-0.05, 0) is 18.4 Å². The van der Waals surface area contributed by atoms with E-state index in [2.05, 4.69) is 10.4 Å². The number of hydrogen-bond donors (Lipinski definition) is 2. The van der Waals surface area contributed by atoms with Crippen molar-refractivity contribution in [3.8, 4) is 0 Å². The first-order valence-corrected chi connectivity index (χ1v) is 7.29. The van der Waals surface area contributed by atoms with Gasteiger partial charge in [-0.2, -0.15) is 5.10 Å². The number of primary amides is 1. The maximum absolute atomic E-state index is 12.3. The van der Waals surface area contributed by atoms with Crippen molar-refractivity contribution in [1.82, 2.24) is 15.1 Å². The van der Waals surface area contributed by atoms with E-state index in [9.17, 15) is 4.79 Å². The van der Waals surface area contributed by atoms with E-state index >= 15 is 0 Å². The molecule has 1 atom stereocenters. The van der Waals surface area contributed by atoms with E-state index in [1.165, 1.54) is 0 Å². The summed E-state index contributed by atoms with van der Waals surface area (Å²) in [7, 11) is 0. The Labute approximate surface area is 128 Å². The highest BCUT2D eigenvalue weighted by atomic mass is 35.5. The monoisotopic (exact) mass is 304 g/mol. The minimum absolute atomic E-state index is 0.315. The van der Waals surface area contributed by atoms with Crippen molar-refractivity contribution in [3.63, 3.8) is 0 Å². The van der Waals surface area contributed by atoms with E-state index < -0.39 is 11.4 Å². The molecule has 3 N–H and O–H groups in total. The second-order valence-corrected chi connectivity index (χ2v) is 5.85. The molecule has 0 aliphatic heterocycles. The van der Waals surface area contributed by atoms with Crippen LogP contribution < -0.4 is 11.1 Å². The molecule has 21 heavy (non-hydrogen) atoms. The van der Waals surface area contributed by atoms with Crippen LogP contribution in [-0.2, 0) is 16.9 Å². The molecule has 1 aromatic heterocycles. The third kappa shape index (κ3) is 2.94. The summed E-state index contributed by atoms with van der Waals surface area (Å²) >= 11 is 5.91. The fourth-order valence-electron chi connectivity index (χ4n) is 2.48. The van der Waals surface area contributed by atoms with Crippen molar-refractivity contribution in [2.24, 2.45) is 5.73 Å². The molecule has 1 aliphatic carbocycles. The first-order chi connectivity index (χ1) is 10.1. The predicted octanol–water partition coefficient (Wildman–Crippen LogP) is 1.67. The number of aromatic nitrogens is 2. The highest BCUT2D eigenvalue weighted by Crippen LogP contribution is 2.30. The fourth-order valence-corrected chi connectivity index (χ4v) is 2.63. The molecule has 6 heteroatoms. The van der Waals surface area contributed by atoms with Gasteiger partial charge in [0, 0.05) is 12.2 Å². The van der Waals surface area contributed by atoms with Crippen LogP contribution in [-0.4, -0.2) is 21.7 Å². The van der Waals surface area contributed by atoms with Crippen LogP contribution in [0.25, 0.3) is 0 Å². The van der Waals surface area contributed by atoms with Gasteiger partial charge in [0.2, 0.25) is 5.91 Å².